The molecule has 1 aromatic carbocycles. The Bertz CT molecular complexity index is 758. The van der Waals surface area contributed by atoms with E-state index in [0.717, 1.165) is 6.42 Å². The minimum Gasteiger partial charge on any atom is -0.339 e. The van der Waals surface area contributed by atoms with E-state index in [2.05, 4.69) is 22.1 Å². The first-order valence-electron chi connectivity index (χ1n) is 8.63. The van der Waals surface area contributed by atoms with Gasteiger partial charge in [0.1, 0.15) is 5.69 Å². The van der Waals surface area contributed by atoms with Crippen LogP contribution in [0.25, 0.3) is 0 Å². The van der Waals surface area contributed by atoms with E-state index in [1.807, 2.05) is 23.1 Å². The van der Waals surface area contributed by atoms with Crippen molar-refractivity contribution in [3.63, 3.8) is 0 Å². The fourth-order valence-corrected chi connectivity index (χ4v) is 3.47. The van der Waals surface area contributed by atoms with Gasteiger partial charge in [-0.2, -0.15) is 0 Å². The van der Waals surface area contributed by atoms with Crippen LogP contribution in [0.15, 0.2) is 48.9 Å². The molecule has 4 rings (SSSR count). The molecule has 0 N–H and O–H groups in total. The van der Waals surface area contributed by atoms with Gasteiger partial charge in [0, 0.05) is 44.5 Å². The zero-order valence-corrected chi connectivity index (χ0v) is 13.9. The third-order valence-electron chi connectivity index (χ3n) is 5.00. The van der Waals surface area contributed by atoms with Crippen LogP contribution in [0.1, 0.15) is 28.4 Å². The maximum atomic E-state index is 12.7. The van der Waals surface area contributed by atoms with Crippen molar-refractivity contribution in [3.05, 3.63) is 60.2 Å². The van der Waals surface area contributed by atoms with Crippen molar-refractivity contribution in [1.29, 1.82) is 0 Å². The van der Waals surface area contributed by atoms with Gasteiger partial charge in [-0.3, -0.25) is 14.6 Å². The number of hydrogen-bond donors (Lipinski definition) is 0. The second-order valence-corrected chi connectivity index (χ2v) is 6.57. The number of benzene rings is 1. The van der Waals surface area contributed by atoms with E-state index in [1.54, 1.807) is 11.1 Å². The van der Waals surface area contributed by atoms with Gasteiger partial charge in [-0.05, 0) is 17.9 Å². The molecule has 0 unspecified atom stereocenters. The van der Waals surface area contributed by atoms with Gasteiger partial charge in [-0.1, -0.05) is 30.3 Å². The second-order valence-electron chi connectivity index (χ2n) is 6.57. The van der Waals surface area contributed by atoms with Crippen molar-refractivity contribution in [3.8, 4) is 0 Å². The molecule has 0 radical (unpaired) electrons. The van der Waals surface area contributed by atoms with E-state index in [0.29, 0.717) is 37.8 Å². The lowest BCUT2D eigenvalue weighted by Crippen LogP contribution is -2.51. The Morgan fingerprint density at radius 2 is 1.68 bits per heavy atom. The van der Waals surface area contributed by atoms with Crippen LogP contribution < -0.4 is 0 Å². The second kappa shape index (κ2) is 6.63. The summed E-state index contributed by atoms with van der Waals surface area (Å²) in [6.45, 7) is 2.26. The van der Waals surface area contributed by atoms with Crippen molar-refractivity contribution in [2.75, 3.05) is 26.2 Å². The van der Waals surface area contributed by atoms with Crippen LogP contribution >= 0.6 is 0 Å². The standard InChI is InChI=1S/C19H20N4O2/c24-18(16-12-15(16)14-4-2-1-3-5-14)22-8-10-23(11-9-22)19(25)17-13-20-6-7-21-17/h1-7,13,15-16H,8-12H2/t15-,16+/m0/s1. The molecule has 1 aromatic heterocycles. The van der Waals surface area contributed by atoms with Crippen molar-refractivity contribution in [2.24, 2.45) is 5.92 Å². The van der Waals surface area contributed by atoms with Gasteiger partial charge >= 0.3 is 0 Å². The average Bonchev–Trinajstić information content (AvgIpc) is 3.49. The minimum atomic E-state index is -0.117. The molecule has 2 atom stereocenters. The highest BCUT2D eigenvalue weighted by Gasteiger charge is 2.46. The fourth-order valence-electron chi connectivity index (χ4n) is 3.47. The van der Waals surface area contributed by atoms with Crippen molar-refractivity contribution in [2.45, 2.75) is 12.3 Å². The van der Waals surface area contributed by atoms with Crippen molar-refractivity contribution in [1.82, 2.24) is 19.8 Å². The van der Waals surface area contributed by atoms with Gasteiger partial charge in [0.2, 0.25) is 5.91 Å². The first-order chi connectivity index (χ1) is 12.2. The lowest BCUT2D eigenvalue weighted by Gasteiger charge is -2.34. The van der Waals surface area contributed by atoms with Crippen LogP contribution in [0.3, 0.4) is 0 Å². The Hall–Kier alpha value is -2.76. The Labute approximate surface area is 146 Å². The summed E-state index contributed by atoms with van der Waals surface area (Å²) in [7, 11) is 0. The van der Waals surface area contributed by atoms with E-state index in [9.17, 15) is 9.59 Å². The lowest BCUT2D eigenvalue weighted by atomic mass is 10.1. The monoisotopic (exact) mass is 336 g/mol. The molecule has 2 aromatic rings. The van der Waals surface area contributed by atoms with Crippen LogP contribution in [0, 0.1) is 5.92 Å². The molecule has 2 aliphatic rings. The zero-order chi connectivity index (χ0) is 17.2. The molecule has 0 spiro atoms. The molecule has 6 nitrogen and oxygen atoms in total. The molecular formula is C19H20N4O2. The molecule has 1 aliphatic heterocycles. The topological polar surface area (TPSA) is 66.4 Å². The summed E-state index contributed by atoms with van der Waals surface area (Å²) >= 11 is 0. The number of hydrogen-bond acceptors (Lipinski definition) is 4. The molecule has 2 fully saturated rings. The molecule has 2 heterocycles. The van der Waals surface area contributed by atoms with Gasteiger partial charge in [-0.15, -0.1) is 0 Å². The zero-order valence-electron chi connectivity index (χ0n) is 13.9. The highest BCUT2D eigenvalue weighted by molar-refractivity contribution is 5.92. The van der Waals surface area contributed by atoms with Gasteiger partial charge < -0.3 is 9.80 Å². The van der Waals surface area contributed by atoms with Gasteiger partial charge in [-0.25, -0.2) is 4.98 Å². The smallest absolute Gasteiger partial charge is 0.274 e. The lowest BCUT2D eigenvalue weighted by molar-refractivity contribution is -0.134. The Morgan fingerprint density at radius 1 is 0.960 bits per heavy atom. The Kier molecular flexibility index (Phi) is 4.17. The molecule has 6 heteroatoms. The predicted molar refractivity (Wildman–Crippen MR) is 91.8 cm³/mol. The number of carbonyl (C=O) groups excluding carboxylic acids is 2. The normalized spacial score (nSPS) is 22.6. The Balaban J connectivity index is 1.32. The van der Waals surface area contributed by atoms with Crippen LogP contribution in [0.4, 0.5) is 0 Å². The van der Waals surface area contributed by atoms with E-state index >= 15 is 0 Å². The first-order valence-corrected chi connectivity index (χ1v) is 8.63. The van der Waals surface area contributed by atoms with Crippen LogP contribution in [-0.2, 0) is 4.79 Å². The fraction of sp³-hybridized carbons (Fsp3) is 0.368. The van der Waals surface area contributed by atoms with Gasteiger partial charge in [0.05, 0.1) is 6.20 Å². The first kappa shape index (κ1) is 15.7. The number of rotatable bonds is 3. The molecule has 1 saturated heterocycles. The quantitative estimate of drug-likeness (QED) is 0.853. The summed E-state index contributed by atoms with van der Waals surface area (Å²) in [5, 5.41) is 0. The van der Waals surface area contributed by atoms with Crippen LogP contribution in [0.2, 0.25) is 0 Å². The van der Waals surface area contributed by atoms with Crippen molar-refractivity contribution >= 4 is 11.8 Å². The summed E-state index contributed by atoms with van der Waals surface area (Å²) in [4.78, 5) is 36.7. The number of nitrogens with zero attached hydrogens (tertiary/aromatic N) is 4. The third kappa shape index (κ3) is 3.24. The van der Waals surface area contributed by atoms with Gasteiger partial charge in [0.15, 0.2) is 0 Å². The molecular weight excluding hydrogens is 316 g/mol. The van der Waals surface area contributed by atoms with E-state index in [4.69, 9.17) is 0 Å². The third-order valence-corrected chi connectivity index (χ3v) is 5.00. The number of piperazine rings is 1. The summed E-state index contributed by atoms with van der Waals surface area (Å²) in [6, 6.07) is 10.2. The number of carbonyl (C=O) groups is 2. The molecule has 1 saturated carbocycles. The molecule has 2 amide bonds. The number of amides is 2. The Morgan fingerprint density at radius 3 is 2.36 bits per heavy atom. The summed E-state index contributed by atoms with van der Waals surface area (Å²) in [5.41, 5.74) is 1.60. The molecule has 25 heavy (non-hydrogen) atoms. The average molecular weight is 336 g/mol. The van der Waals surface area contributed by atoms with Gasteiger partial charge in [0.25, 0.3) is 5.91 Å². The molecule has 128 valence electrons. The molecule has 1 aliphatic carbocycles. The van der Waals surface area contributed by atoms with E-state index in [-0.39, 0.29) is 17.7 Å². The minimum absolute atomic E-state index is 0.102. The predicted octanol–water partition coefficient (Wildman–Crippen LogP) is 1.56. The van der Waals surface area contributed by atoms with E-state index < -0.39 is 0 Å². The highest BCUT2D eigenvalue weighted by Crippen LogP contribution is 2.48. The number of aromatic nitrogens is 2. The van der Waals surface area contributed by atoms with Crippen molar-refractivity contribution < 1.29 is 9.59 Å². The van der Waals surface area contributed by atoms with E-state index in [1.165, 1.54) is 18.0 Å². The highest BCUT2D eigenvalue weighted by atomic mass is 16.2. The summed E-state index contributed by atoms with van der Waals surface area (Å²) < 4.78 is 0. The van der Waals surface area contributed by atoms with Crippen LogP contribution in [-0.4, -0.2) is 57.8 Å². The van der Waals surface area contributed by atoms with Crippen LogP contribution in [0.5, 0.6) is 0 Å². The SMILES string of the molecule is O=C(c1cnccn1)N1CCN(C(=O)[C@@H]2C[C@H]2c2ccccc2)CC1. The maximum absolute atomic E-state index is 12.7. The largest absolute Gasteiger partial charge is 0.339 e. The maximum Gasteiger partial charge on any atom is 0.274 e. The summed E-state index contributed by atoms with van der Waals surface area (Å²) in [6.07, 6.45) is 5.48. The molecule has 0 bridgehead atoms. The summed E-state index contributed by atoms with van der Waals surface area (Å²) in [5.74, 6) is 0.562.